The Kier molecular flexibility index (Phi) is 4.71. The van der Waals surface area contributed by atoms with Crippen LogP contribution in [0.25, 0.3) is 0 Å². The van der Waals surface area contributed by atoms with Crippen molar-refractivity contribution < 1.29 is 14.9 Å². The summed E-state index contributed by atoms with van der Waals surface area (Å²) in [5.74, 6) is 0.569. The molecule has 0 aliphatic heterocycles. The van der Waals surface area contributed by atoms with E-state index in [9.17, 15) is 10.2 Å². The molecule has 0 spiro atoms. The number of rotatable bonds is 5. The molecule has 19 heavy (non-hydrogen) atoms. The van der Waals surface area contributed by atoms with Gasteiger partial charge in [-0.1, -0.05) is 12.8 Å². The van der Waals surface area contributed by atoms with Crippen molar-refractivity contribution >= 4 is 15.9 Å². The Bertz CT molecular complexity index is 445. The molecule has 0 atom stereocenters. The number of nitrogens with one attached hydrogen (secondary N) is 1. The minimum atomic E-state index is -0.141. The number of aliphatic hydroxyl groups is 1. The van der Waals surface area contributed by atoms with Gasteiger partial charge < -0.3 is 20.3 Å². The Hall–Kier alpha value is -0.780. The quantitative estimate of drug-likeness (QED) is 0.777. The molecular formula is C14H20BrNO3. The van der Waals surface area contributed by atoms with E-state index >= 15 is 0 Å². The molecule has 1 aromatic rings. The van der Waals surface area contributed by atoms with E-state index in [4.69, 9.17) is 4.74 Å². The third-order valence-electron chi connectivity index (χ3n) is 3.84. The molecule has 3 N–H and O–H groups in total. The predicted octanol–water partition coefficient (Wildman–Crippen LogP) is 2.56. The number of benzene rings is 1. The van der Waals surface area contributed by atoms with E-state index in [-0.39, 0.29) is 17.9 Å². The van der Waals surface area contributed by atoms with E-state index in [1.54, 1.807) is 0 Å². The highest BCUT2D eigenvalue weighted by Gasteiger charge is 2.32. The Morgan fingerprint density at radius 2 is 2.05 bits per heavy atom. The van der Waals surface area contributed by atoms with Crippen LogP contribution in [0.15, 0.2) is 16.6 Å². The van der Waals surface area contributed by atoms with E-state index in [1.807, 2.05) is 12.1 Å². The molecule has 4 nitrogen and oxygen atoms in total. The molecule has 0 heterocycles. The molecule has 0 aromatic heterocycles. The summed E-state index contributed by atoms with van der Waals surface area (Å²) in [6.07, 6.45) is 4.35. The van der Waals surface area contributed by atoms with Crippen molar-refractivity contribution in [2.75, 3.05) is 13.7 Å². The number of hydrogen-bond donors (Lipinski definition) is 3. The van der Waals surface area contributed by atoms with Crippen LogP contribution in [0, 0.1) is 0 Å². The molecule has 2 rings (SSSR count). The van der Waals surface area contributed by atoms with Gasteiger partial charge in [0.1, 0.15) is 0 Å². The summed E-state index contributed by atoms with van der Waals surface area (Å²) in [5, 5.41) is 22.8. The number of phenolic OH excluding ortho intramolecular Hbond substituents is 1. The molecule has 0 saturated heterocycles. The molecule has 106 valence electrons. The van der Waals surface area contributed by atoms with Gasteiger partial charge in [-0.3, -0.25) is 0 Å². The highest BCUT2D eigenvalue weighted by Crippen LogP contribution is 2.36. The number of phenols is 1. The van der Waals surface area contributed by atoms with Crippen molar-refractivity contribution in [3.8, 4) is 11.5 Å². The maximum Gasteiger partial charge on any atom is 0.172 e. The monoisotopic (exact) mass is 329 g/mol. The Labute approximate surface area is 121 Å². The first kappa shape index (κ1) is 14.6. The third kappa shape index (κ3) is 3.22. The summed E-state index contributed by atoms with van der Waals surface area (Å²) in [6, 6.07) is 3.68. The number of aliphatic hydroxyl groups excluding tert-OH is 1. The van der Waals surface area contributed by atoms with Gasteiger partial charge >= 0.3 is 0 Å². The smallest absolute Gasteiger partial charge is 0.172 e. The predicted molar refractivity (Wildman–Crippen MR) is 77.5 cm³/mol. The van der Waals surface area contributed by atoms with E-state index in [1.165, 1.54) is 7.11 Å². The fraction of sp³-hybridized carbons (Fsp3) is 0.571. The zero-order valence-corrected chi connectivity index (χ0v) is 12.7. The van der Waals surface area contributed by atoms with Crippen molar-refractivity contribution in [1.29, 1.82) is 0 Å². The summed E-state index contributed by atoms with van der Waals surface area (Å²) in [5.41, 5.74) is 0.874. The summed E-state index contributed by atoms with van der Waals surface area (Å²) >= 11 is 3.31. The Morgan fingerprint density at radius 3 is 2.63 bits per heavy atom. The van der Waals surface area contributed by atoms with Crippen LogP contribution in [0.5, 0.6) is 11.5 Å². The van der Waals surface area contributed by atoms with Gasteiger partial charge in [-0.05, 0) is 46.5 Å². The van der Waals surface area contributed by atoms with Crippen LogP contribution >= 0.6 is 15.9 Å². The van der Waals surface area contributed by atoms with Gasteiger partial charge in [-0.2, -0.15) is 0 Å². The molecular weight excluding hydrogens is 310 g/mol. The largest absolute Gasteiger partial charge is 0.503 e. The molecule has 5 heteroatoms. The topological polar surface area (TPSA) is 61.7 Å². The normalized spacial score (nSPS) is 17.6. The van der Waals surface area contributed by atoms with Crippen molar-refractivity contribution in [3.05, 3.63) is 22.2 Å². The lowest BCUT2D eigenvalue weighted by molar-refractivity contribution is 0.163. The second-order valence-electron chi connectivity index (χ2n) is 5.13. The van der Waals surface area contributed by atoms with Crippen molar-refractivity contribution in [2.24, 2.45) is 0 Å². The van der Waals surface area contributed by atoms with Gasteiger partial charge in [0.25, 0.3) is 0 Å². The lowest BCUT2D eigenvalue weighted by Gasteiger charge is -2.28. The molecule has 1 fully saturated rings. The van der Waals surface area contributed by atoms with Gasteiger partial charge in [-0.25, -0.2) is 0 Å². The molecule has 0 bridgehead atoms. The molecule has 1 saturated carbocycles. The first-order chi connectivity index (χ1) is 9.10. The number of methoxy groups -OCH3 is 1. The van der Waals surface area contributed by atoms with E-state index in [0.717, 1.165) is 31.2 Å². The maximum absolute atomic E-state index is 9.77. The fourth-order valence-electron chi connectivity index (χ4n) is 2.62. The average molecular weight is 330 g/mol. The number of ether oxygens (including phenoxy) is 1. The highest BCUT2D eigenvalue weighted by molar-refractivity contribution is 9.10. The zero-order chi connectivity index (χ0) is 13.9. The summed E-state index contributed by atoms with van der Waals surface area (Å²) in [6.45, 7) is 0.819. The Morgan fingerprint density at radius 1 is 1.37 bits per heavy atom. The van der Waals surface area contributed by atoms with E-state index in [2.05, 4.69) is 21.2 Å². The van der Waals surface area contributed by atoms with Crippen molar-refractivity contribution in [3.63, 3.8) is 0 Å². The van der Waals surface area contributed by atoms with E-state index < -0.39 is 0 Å². The molecule has 0 radical (unpaired) electrons. The van der Waals surface area contributed by atoms with Gasteiger partial charge in [0.15, 0.2) is 11.5 Å². The van der Waals surface area contributed by atoms with Crippen LogP contribution in [-0.2, 0) is 6.54 Å². The van der Waals surface area contributed by atoms with Crippen LogP contribution in [0.3, 0.4) is 0 Å². The van der Waals surface area contributed by atoms with Crippen molar-refractivity contribution in [1.82, 2.24) is 5.32 Å². The first-order valence-corrected chi connectivity index (χ1v) is 7.31. The van der Waals surface area contributed by atoms with Crippen LogP contribution in [0.1, 0.15) is 31.2 Å². The van der Waals surface area contributed by atoms with Gasteiger partial charge in [0.05, 0.1) is 18.2 Å². The second-order valence-corrected chi connectivity index (χ2v) is 5.98. The lowest BCUT2D eigenvalue weighted by atomic mass is 9.98. The molecule has 1 aromatic carbocycles. The molecule has 1 aliphatic rings. The molecule has 0 amide bonds. The summed E-state index contributed by atoms with van der Waals surface area (Å²) in [7, 11) is 1.53. The maximum atomic E-state index is 9.77. The number of halogens is 1. The standard InChI is InChI=1S/C14H20BrNO3/c1-19-12-7-10(6-11(15)13(12)18)8-16-14(9-17)4-2-3-5-14/h6-7,16-18H,2-5,8-9H2,1H3. The lowest BCUT2D eigenvalue weighted by Crippen LogP contribution is -2.45. The highest BCUT2D eigenvalue weighted by atomic mass is 79.9. The second kappa shape index (κ2) is 6.11. The number of hydrogen-bond acceptors (Lipinski definition) is 4. The van der Waals surface area contributed by atoms with Crippen molar-refractivity contribution in [2.45, 2.75) is 37.8 Å². The number of aromatic hydroxyl groups is 1. The Balaban J connectivity index is 2.09. The summed E-state index contributed by atoms with van der Waals surface area (Å²) in [4.78, 5) is 0. The first-order valence-electron chi connectivity index (χ1n) is 6.51. The van der Waals surface area contributed by atoms with Gasteiger partial charge in [-0.15, -0.1) is 0 Å². The van der Waals surface area contributed by atoms with Crippen LogP contribution in [-0.4, -0.2) is 29.5 Å². The molecule has 1 aliphatic carbocycles. The average Bonchev–Trinajstić information content (AvgIpc) is 2.89. The zero-order valence-electron chi connectivity index (χ0n) is 11.1. The van der Waals surface area contributed by atoms with Crippen LogP contribution in [0.2, 0.25) is 0 Å². The molecule has 0 unspecified atom stereocenters. The van der Waals surface area contributed by atoms with Crippen LogP contribution < -0.4 is 10.1 Å². The fourth-order valence-corrected chi connectivity index (χ4v) is 3.11. The minimum absolute atomic E-state index is 0.115. The SMILES string of the molecule is COc1cc(CNC2(CO)CCCC2)cc(Br)c1O. The van der Waals surface area contributed by atoms with Gasteiger partial charge in [0.2, 0.25) is 0 Å². The summed E-state index contributed by atoms with van der Waals surface area (Å²) < 4.78 is 5.75. The minimum Gasteiger partial charge on any atom is -0.503 e. The van der Waals surface area contributed by atoms with E-state index in [0.29, 0.717) is 16.8 Å². The van der Waals surface area contributed by atoms with Gasteiger partial charge in [0, 0.05) is 12.1 Å². The van der Waals surface area contributed by atoms with Crippen LogP contribution in [0.4, 0.5) is 0 Å². The third-order valence-corrected chi connectivity index (χ3v) is 4.44.